The number of aryl methyl sites for hydroxylation is 3. The van der Waals surface area contributed by atoms with E-state index in [0.717, 1.165) is 39.9 Å². The Hall–Kier alpha value is -3.92. The fourth-order valence-corrected chi connectivity index (χ4v) is 5.61. The zero-order chi connectivity index (χ0) is 24.3. The molecule has 2 aromatic heterocycles. The number of nitrogens with one attached hydrogen (secondary N) is 4. The summed E-state index contributed by atoms with van der Waals surface area (Å²) in [6, 6.07) is 13.2. The molecule has 0 fully saturated rings. The molecule has 5 heterocycles. The minimum Gasteiger partial charge on any atom is -0.358 e. The smallest absolute Gasteiger partial charge is 0.0485 e. The first-order valence-electron chi connectivity index (χ1n) is 12.3. The Kier molecular flexibility index (Phi) is 4.82. The SMILES string of the molecule is Cc1cc(C)c(C2=c3ccc([nH]3)=CC3=CC(C)(C)C(=Cc4ccc([nH]4)C=C4CC=C2N4)N3)c(C)c1. The summed E-state index contributed by atoms with van der Waals surface area (Å²) in [6.45, 7) is 11.1. The third kappa shape index (κ3) is 3.89. The third-order valence-corrected chi connectivity index (χ3v) is 7.16. The number of fused-ring (bicyclic) bond motifs is 8. The van der Waals surface area contributed by atoms with Crippen LogP contribution >= 0.6 is 0 Å². The first-order chi connectivity index (χ1) is 16.7. The fraction of sp³-hybridized carbons (Fsp3) is 0.226. The lowest BCUT2D eigenvalue weighted by Gasteiger charge is -2.17. The third-order valence-electron chi connectivity index (χ3n) is 7.16. The van der Waals surface area contributed by atoms with Crippen LogP contribution in [-0.2, 0) is 0 Å². The van der Waals surface area contributed by atoms with Gasteiger partial charge in [-0.25, -0.2) is 0 Å². The van der Waals surface area contributed by atoms with Crippen LogP contribution in [-0.4, -0.2) is 9.97 Å². The number of H-pyrrole nitrogens is 2. The summed E-state index contributed by atoms with van der Waals surface area (Å²) in [4.78, 5) is 7.27. The highest BCUT2D eigenvalue weighted by molar-refractivity contribution is 5.83. The van der Waals surface area contributed by atoms with Crippen molar-refractivity contribution in [3.05, 3.63) is 116 Å². The van der Waals surface area contributed by atoms with E-state index < -0.39 is 0 Å². The van der Waals surface area contributed by atoms with Gasteiger partial charge in [-0.3, -0.25) is 0 Å². The van der Waals surface area contributed by atoms with Gasteiger partial charge in [-0.15, -0.1) is 0 Å². The normalized spacial score (nSPS) is 18.1. The number of benzene rings is 1. The average molecular weight is 461 g/mol. The summed E-state index contributed by atoms with van der Waals surface area (Å²) < 4.78 is 0. The highest BCUT2D eigenvalue weighted by Gasteiger charge is 2.28. The van der Waals surface area contributed by atoms with Crippen LogP contribution in [0, 0.1) is 26.2 Å². The van der Waals surface area contributed by atoms with Gasteiger partial charge < -0.3 is 20.6 Å². The number of hydrogen-bond acceptors (Lipinski definition) is 2. The molecule has 6 rings (SSSR count). The number of aromatic amines is 2. The first kappa shape index (κ1) is 21.6. The fourth-order valence-electron chi connectivity index (χ4n) is 5.61. The standard InChI is InChI=1S/C31H32N4/c1-18-12-19(2)29(20(3)13-18)30-26-10-8-22(33-26)14-21-6-7-24(32-21)16-28-31(4,5)17-25(35-28)15-23-9-11-27(30)34-23/h6-7,9-17,32-35H,8H2,1-5H3. The van der Waals surface area contributed by atoms with Crippen LogP contribution < -0.4 is 21.3 Å². The minimum absolute atomic E-state index is 0.0716. The zero-order valence-electron chi connectivity index (χ0n) is 21.1. The summed E-state index contributed by atoms with van der Waals surface area (Å²) in [6.07, 6.45) is 12.1. The molecule has 4 nitrogen and oxygen atoms in total. The molecule has 8 bridgehead atoms. The second-order valence-electron chi connectivity index (χ2n) is 10.6. The van der Waals surface area contributed by atoms with Gasteiger partial charge in [0.2, 0.25) is 0 Å². The Morgan fingerprint density at radius 3 is 2.31 bits per heavy atom. The lowest BCUT2D eigenvalue weighted by Crippen LogP contribution is -2.20. The predicted octanol–water partition coefficient (Wildman–Crippen LogP) is 5.03. The molecule has 3 aliphatic heterocycles. The summed E-state index contributed by atoms with van der Waals surface area (Å²) in [7, 11) is 0. The monoisotopic (exact) mass is 460 g/mol. The largest absolute Gasteiger partial charge is 0.358 e. The highest BCUT2D eigenvalue weighted by atomic mass is 15.0. The zero-order valence-corrected chi connectivity index (χ0v) is 21.1. The van der Waals surface area contributed by atoms with Crippen LogP contribution in [0.4, 0.5) is 0 Å². The van der Waals surface area contributed by atoms with E-state index in [1.54, 1.807) is 0 Å². The molecule has 0 atom stereocenters. The van der Waals surface area contributed by atoms with Crippen molar-refractivity contribution in [2.24, 2.45) is 5.41 Å². The van der Waals surface area contributed by atoms with E-state index in [1.807, 2.05) is 0 Å². The van der Waals surface area contributed by atoms with Crippen LogP contribution in [0.5, 0.6) is 0 Å². The van der Waals surface area contributed by atoms with Crippen LogP contribution in [0.25, 0.3) is 23.8 Å². The Labute approximate surface area is 206 Å². The molecule has 0 spiro atoms. The lowest BCUT2D eigenvalue weighted by atomic mass is 9.90. The van der Waals surface area contributed by atoms with Crippen molar-refractivity contribution in [2.75, 3.05) is 0 Å². The van der Waals surface area contributed by atoms with Crippen molar-refractivity contribution < 1.29 is 0 Å². The van der Waals surface area contributed by atoms with Gasteiger partial charge in [-0.1, -0.05) is 37.6 Å². The number of allylic oxidation sites excluding steroid dienone is 4. The van der Waals surface area contributed by atoms with Gasteiger partial charge in [0.05, 0.1) is 0 Å². The molecule has 3 aromatic rings. The number of hydrogen-bond donors (Lipinski definition) is 4. The first-order valence-corrected chi connectivity index (χ1v) is 12.3. The van der Waals surface area contributed by atoms with Crippen LogP contribution in [0.3, 0.4) is 0 Å². The van der Waals surface area contributed by atoms with E-state index in [2.05, 4.69) is 122 Å². The van der Waals surface area contributed by atoms with Crippen molar-refractivity contribution in [1.82, 2.24) is 20.6 Å². The van der Waals surface area contributed by atoms with Gasteiger partial charge >= 0.3 is 0 Å². The molecule has 0 saturated carbocycles. The Morgan fingerprint density at radius 1 is 0.800 bits per heavy atom. The van der Waals surface area contributed by atoms with Gasteiger partial charge in [0.1, 0.15) is 0 Å². The van der Waals surface area contributed by atoms with Crippen molar-refractivity contribution in [2.45, 2.75) is 41.0 Å². The van der Waals surface area contributed by atoms with Gasteiger partial charge in [-0.2, -0.15) is 0 Å². The topological polar surface area (TPSA) is 55.6 Å². The molecule has 0 saturated heterocycles. The Bertz CT molecular complexity index is 1590. The van der Waals surface area contributed by atoms with E-state index in [4.69, 9.17) is 0 Å². The Morgan fingerprint density at radius 2 is 1.54 bits per heavy atom. The van der Waals surface area contributed by atoms with E-state index in [0.29, 0.717) is 0 Å². The maximum atomic E-state index is 3.73. The quantitative estimate of drug-likeness (QED) is 0.412. The number of aromatic nitrogens is 2. The van der Waals surface area contributed by atoms with Crippen molar-refractivity contribution in [3.63, 3.8) is 0 Å². The van der Waals surface area contributed by atoms with E-state index in [1.165, 1.54) is 39.2 Å². The molecule has 4 N–H and O–H groups in total. The Balaban J connectivity index is 1.61. The molecule has 0 amide bonds. The maximum absolute atomic E-state index is 3.73. The van der Waals surface area contributed by atoms with Crippen LogP contribution in [0.1, 0.15) is 53.9 Å². The minimum atomic E-state index is -0.0716. The highest BCUT2D eigenvalue weighted by Crippen LogP contribution is 2.35. The van der Waals surface area contributed by atoms with Crippen LogP contribution in [0.15, 0.2) is 71.3 Å². The summed E-state index contributed by atoms with van der Waals surface area (Å²) >= 11 is 0. The summed E-state index contributed by atoms with van der Waals surface area (Å²) in [5, 5.41) is 9.57. The molecule has 176 valence electrons. The number of rotatable bonds is 1. The predicted molar refractivity (Wildman–Crippen MR) is 145 cm³/mol. The molecule has 1 aromatic carbocycles. The molecular formula is C31H32N4. The summed E-state index contributed by atoms with van der Waals surface area (Å²) in [5.74, 6) is 0. The van der Waals surface area contributed by atoms with E-state index in [9.17, 15) is 0 Å². The van der Waals surface area contributed by atoms with Gasteiger partial charge in [0.25, 0.3) is 0 Å². The molecule has 0 radical (unpaired) electrons. The maximum Gasteiger partial charge on any atom is 0.0485 e. The van der Waals surface area contributed by atoms with Gasteiger partial charge in [0, 0.05) is 62.3 Å². The van der Waals surface area contributed by atoms with Gasteiger partial charge in [0.15, 0.2) is 0 Å². The molecule has 35 heavy (non-hydrogen) atoms. The molecule has 0 unspecified atom stereocenters. The summed E-state index contributed by atoms with van der Waals surface area (Å²) in [5.41, 5.74) is 13.1. The molecule has 3 aliphatic rings. The lowest BCUT2D eigenvalue weighted by molar-refractivity contribution is 0.584. The van der Waals surface area contributed by atoms with Crippen molar-refractivity contribution in [3.8, 4) is 0 Å². The second kappa shape index (κ2) is 7.81. The molecule has 4 heteroatoms. The molecular weight excluding hydrogens is 428 g/mol. The van der Waals surface area contributed by atoms with Gasteiger partial charge in [-0.05, 0) is 86.0 Å². The van der Waals surface area contributed by atoms with Crippen molar-refractivity contribution >= 4 is 23.8 Å². The average Bonchev–Trinajstić information content (AvgIpc) is 3.55. The van der Waals surface area contributed by atoms with Crippen molar-refractivity contribution in [1.29, 1.82) is 0 Å². The van der Waals surface area contributed by atoms with E-state index in [-0.39, 0.29) is 5.41 Å². The second-order valence-corrected chi connectivity index (χ2v) is 10.6. The van der Waals surface area contributed by atoms with Crippen LogP contribution in [0.2, 0.25) is 0 Å². The van der Waals surface area contributed by atoms with E-state index >= 15 is 0 Å². The molecule has 0 aliphatic carbocycles.